The summed E-state index contributed by atoms with van der Waals surface area (Å²) in [5.41, 5.74) is 5.71. The maximum absolute atomic E-state index is 9.12. The highest BCUT2D eigenvalue weighted by atomic mass is 16.5. The molecule has 64 valence electrons. The van der Waals surface area contributed by atoms with Crippen LogP contribution >= 0.6 is 0 Å². The molecule has 0 aromatic heterocycles. The SMILES string of the molecule is NC1(CO)COCC12CCC2. The number of rotatable bonds is 1. The van der Waals surface area contributed by atoms with Crippen LogP contribution in [0.25, 0.3) is 0 Å². The predicted octanol–water partition coefficient (Wildman–Crippen LogP) is -0.123. The summed E-state index contributed by atoms with van der Waals surface area (Å²) in [6.07, 6.45) is 3.50. The van der Waals surface area contributed by atoms with Crippen molar-refractivity contribution in [2.45, 2.75) is 24.8 Å². The van der Waals surface area contributed by atoms with E-state index in [2.05, 4.69) is 0 Å². The number of aliphatic hydroxyl groups is 1. The Balaban J connectivity index is 2.19. The van der Waals surface area contributed by atoms with Crippen molar-refractivity contribution in [3.8, 4) is 0 Å². The highest BCUT2D eigenvalue weighted by molar-refractivity contribution is 5.10. The molecule has 0 amide bonds. The third-order valence-electron chi connectivity index (χ3n) is 3.39. The van der Waals surface area contributed by atoms with E-state index in [1.807, 2.05) is 0 Å². The van der Waals surface area contributed by atoms with Gasteiger partial charge in [-0.3, -0.25) is 0 Å². The Kier molecular flexibility index (Phi) is 1.50. The molecular formula is C8H15NO2. The molecule has 1 unspecified atom stereocenters. The van der Waals surface area contributed by atoms with E-state index in [0.717, 1.165) is 19.4 Å². The molecule has 3 heteroatoms. The summed E-state index contributed by atoms with van der Waals surface area (Å²) >= 11 is 0. The molecule has 1 heterocycles. The highest BCUT2D eigenvalue weighted by Gasteiger charge is 2.56. The maximum Gasteiger partial charge on any atom is 0.0704 e. The van der Waals surface area contributed by atoms with Crippen molar-refractivity contribution in [2.75, 3.05) is 19.8 Å². The first kappa shape index (κ1) is 7.53. The first-order valence-corrected chi connectivity index (χ1v) is 4.20. The number of nitrogens with two attached hydrogens (primary N) is 1. The minimum absolute atomic E-state index is 0.0625. The molecule has 1 spiro atoms. The number of hydrogen-bond acceptors (Lipinski definition) is 3. The Morgan fingerprint density at radius 1 is 1.36 bits per heavy atom. The van der Waals surface area contributed by atoms with Gasteiger partial charge >= 0.3 is 0 Å². The average molecular weight is 157 g/mol. The molecule has 1 atom stereocenters. The lowest BCUT2D eigenvalue weighted by molar-refractivity contribution is 0.0269. The van der Waals surface area contributed by atoms with Gasteiger partial charge in [-0.1, -0.05) is 6.42 Å². The molecule has 0 bridgehead atoms. The monoisotopic (exact) mass is 157 g/mol. The van der Waals surface area contributed by atoms with Crippen LogP contribution in [-0.2, 0) is 4.74 Å². The molecule has 2 rings (SSSR count). The first-order valence-electron chi connectivity index (χ1n) is 4.20. The van der Waals surface area contributed by atoms with Gasteiger partial charge in [-0.25, -0.2) is 0 Å². The molecule has 1 aliphatic carbocycles. The van der Waals surface area contributed by atoms with Crippen LogP contribution in [0.3, 0.4) is 0 Å². The maximum atomic E-state index is 9.12. The second-order valence-electron chi connectivity index (χ2n) is 3.94. The van der Waals surface area contributed by atoms with Gasteiger partial charge in [0.05, 0.1) is 25.4 Å². The minimum atomic E-state index is -0.439. The largest absolute Gasteiger partial charge is 0.394 e. The Bertz CT molecular complexity index is 158. The summed E-state index contributed by atoms with van der Waals surface area (Å²) in [7, 11) is 0. The van der Waals surface area contributed by atoms with E-state index >= 15 is 0 Å². The molecule has 0 aromatic carbocycles. The molecule has 0 aromatic rings. The summed E-state index contributed by atoms with van der Waals surface area (Å²) in [4.78, 5) is 0. The molecular weight excluding hydrogens is 142 g/mol. The summed E-state index contributed by atoms with van der Waals surface area (Å²) in [5, 5.41) is 9.12. The van der Waals surface area contributed by atoms with Gasteiger partial charge in [0.25, 0.3) is 0 Å². The highest BCUT2D eigenvalue weighted by Crippen LogP contribution is 2.51. The topological polar surface area (TPSA) is 55.5 Å². The molecule has 3 nitrogen and oxygen atoms in total. The zero-order valence-electron chi connectivity index (χ0n) is 6.68. The average Bonchev–Trinajstić information content (AvgIpc) is 2.27. The van der Waals surface area contributed by atoms with E-state index in [9.17, 15) is 0 Å². The van der Waals surface area contributed by atoms with Crippen LogP contribution < -0.4 is 5.73 Å². The van der Waals surface area contributed by atoms with Crippen LogP contribution in [0.5, 0.6) is 0 Å². The zero-order valence-corrected chi connectivity index (χ0v) is 6.68. The Labute approximate surface area is 66.5 Å². The van der Waals surface area contributed by atoms with Crippen molar-refractivity contribution < 1.29 is 9.84 Å². The number of hydrogen-bond donors (Lipinski definition) is 2. The fourth-order valence-electron chi connectivity index (χ4n) is 2.18. The van der Waals surface area contributed by atoms with E-state index in [0.29, 0.717) is 6.61 Å². The first-order chi connectivity index (χ1) is 5.22. The molecule has 11 heavy (non-hydrogen) atoms. The Hall–Kier alpha value is -0.120. The lowest BCUT2D eigenvalue weighted by Crippen LogP contribution is -2.60. The van der Waals surface area contributed by atoms with E-state index in [4.69, 9.17) is 15.6 Å². The van der Waals surface area contributed by atoms with E-state index in [-0.39, 0.29) is 12.0 Å². The van der Waals surface area contributed by atoms with E-state index < -0.39 is 5.54 Å². The standard InChI is InChI=1S/C8H15NO2/c9-8(4-10)6-11-5-7(8)2-1-3-7/h10H,1-6,9H2. The lowest BCUT2D eigenvalue weighted by Gasteiger charge is -2.47. The molecule has 0 radical (unpaired) electrons. The van der Waals surface area contributed by atoms with E-state index in [1.54, 1.807) is 0 Å². The van der Waals surface area contributed by atoms with Crippen LogP contribution in [0, 0.1) is 5.41 Å². The van der Waals surface area contributed by atoms with Gasteiger partial charge < -0.3 is 15.6 Å². The third-order valence-corrected chi connectivity index (χ3v) is 3.39. The Morgan fingerprint density at radius 3 is 2.45 bits per heavy atom. The third kappa shape index (κ3) is 0.789. The van der Waals surface area contributed by atoms with Crippen LogP contribution in [0.15, 0.2) is 0 Å². The lowest BCUT2D eigenvalue weighted by atomic mass is 9.59. The van der Waals surface area contributed by atoms with Gasteiger partial charge in [0.2, 0.25) is 0 Å². The minimum Gasteiger partial charge on any atom is -0.394 e. The summed E-state index contributed by atoms with van der Waals surface area (Å²) in [6, 6.07) is 0. The number of ether oxygens (including phenoxy) is 1. The number of aliphatic hydroxyl groups excluding tert-OH is 1. The van der Waals surface area contributed by atoms with Crippen LogP contribution in [0.4, 0.5) is 0 Å². The fourth-order valence-corrected chi connectivity index (χ4v) is 2.18. The quantitative estimate of drug-likeness (QED) is 0.558. The second-order valence-corrected chi connectivity index (χ2v) is 3.94. The van der Waals surface area contributed by atoms with Gasteiger partial charge in [-0.2, -0.15) is 0 Å². The molecule has 2 aliphatic rings. The zero-order chi connectivity index (χ0) is 7.95. The normalized spacial score (nSPS) is 40.9. The van der Waals surface area contributed by atoms with Crippen LogP contribution in [0.2, 0.25) is 0 Å². The smallest absolute Gasteiger partial charge is 0.0704 e. The second kappa shape index (κ2) is 2.19. The molecule has 2 fully saturated rings. The van der Waals surface area contributed by atoms with Gasteiger partial charge in [0, 0.05) is 5.41 Å². The Morgan fingerprint density at radius 2 is 2.09 bits per heavy atom. The summed E-state index contributed by atoms with van der Waals surface area (Å²) in [5.74, 6) is 0. The molecule has 1 saturated heterocycles. The molecule has 1 aliphatic heterocycles. The van der Waals surface area contributed by atoms with Crippen molar-refractivity contribution in [1.82, 2.24) is 0 Å². The van der Waals surface area contributed by atoms with Crippen molar-refractivity contribution in [3.63, 3.8) is 0 Å². The van der Waals surface area contributed by atoms with Gasteiger partial charge in [-0.05, 0) is 12.8 Å². The fraction of sp³-hybridized carbons (Fsp3) is 1.00. The van der Waals surface area contributed by atoms with Crippen molar-refractivity contribution in [2.24, 2.45) is 11.1 Å². The molecule has 1 saturated carbocycles. The molecule has 3 N–H and O–H groups in total. The van der Waals surface area contributed by atoms with Crippen molar-refractivity contribution in [3.05, 3.63) is 0 Å². The van der Waals surface area contributed by atoms with Crippen molar-refractivity contribution in [1.29, 1.82) is 0 Å². The predicted molar refractivity (Wildman–Crippen MR) is 41.1 cm³/mol. The van der Waals surface area contributed by atoms with E-state index in [1.165, 1.54) is 6.42 Å². The van der Waals surface area contributed by atoms with Crippen LogP contribution in [-0.4, -0.2) is 30.5 Å². The van der Waals surface area contributed by atoms with Gasteiger partial charge in [0.15, 0.2) is 0 Å². The summed E-state index contributed by atoms with van der Waals surface area (Å²) < 4.78 is 5.32. The van der Waals surface area contributed by atoms with Crippen LogP contribution in [0.1, 0.15) is 19.3 Å². The van der Waals surface area contributed by atoms with Gasteiger partial charge in [0.1, 0.15) is 0 Å². The summed E-state index contributed by atoms with van der Waals surface area (Å²) in [6.45, 7) is 1.35. The van der Waals surface area contributed by atoms with Crippen molar-refractivity contribution >= 4 is 0 Å². The van der Waals surface area contributed by atoms with Gasteiger partial charge in [-0.15, -0.1) is 0 Å².